The van der Waals surface area contributed by atoms with Crippen LogP contribution in [-0.2, 0) is 11.2 Å². The maximum atomic E-state index is 12.2. The molecule has 1 aromatic carbocycles. The molecular formula is C12H10F2O3. The van der Waals surface area contributed by atoms with Gasteiger partial charge in [-0.3, -0.25) is 0 Å². The van der Waals surface area contributed by atoms with Gasteiger partial charge in [0.15, 0.2) is 0 Å². The third-order valence-electron chi connectivity index (χ3n) is 2.50. The Morgan fingerprint density at radius 2 is 2.18 bits per heavy atom. The van der Waals surface area contributed by atoms with E-state index in [1.165, 1.54) is 13.2 Å². The van der Waals surface area contributed by atoms with Crippen LogP contribution in [-0.4, -0.2) is 19.7 Å². The van der Waals surface area contributed by atoms with Crippen LogP contribution in [0.5, 0.6) is 5.75 Å². The first-order valence-corrected chi connectivity index (χ1v) is 4.98. The maximum absolute atomic E-state index is 12.2. The van der Waals surface area contributed by atoms with Crippen LogP contribution in [0, 0.1) is 0 Å². The second kappa shape index (κ2) is 4.53. The lowest BCUT2D eigenvalue weighted by atomic mass is 10.0. The predicted octanol–water partition coefficient (Wildman–Crippen LogP) is 2.64. The lowest BCUT2D eigenvalue weighted by Crippen LogP contribution is -2.08. The highest BCUT2D eigenvalue weighted by Crippen LogP contribution is 2.32. The van der Waals surface area contributed by atoms with Crippen LogP contribution in [0.15, 0.2) is 18.2 Å². The van der Waals surface area contributed by atoms with Crippen molar-refractivity contribution in [2.45, 2.75) is 13.0 Å². The number of hydrogen-bond donors (Lipinski definition) is 0. The summed E-state index contributed by atoms with van der Waals surface area (Å²) >= 11 is 0. The van der Waals surface area contributed by atoms with E-state index in [2.05, 4.69) is 9.47 Å². The van der Waals surface area contributed by atoms with Crippen molar-refractivity contribution >= 4 is 12.0 Å². The highest BCUT2D eigenvalue weighted by atomic mass is 19.3. The fraction of sp³-hybridized carbons (Fsp3) is 0.250. The molecule has 0 aromatic heterocycles. The molecule has 1 aromatic rings. The van der Waals surface area contributed by atoms with Gasteiger partial charge in [-0.15, -0.1) is 0 Å². The zero-order chi connectivity index (χ0) is 12.4. The summed E-state index contributed by atoms with van der Waals surface area (Å²) in [5.41, 5.74) is 1.58. The van der Waals surface area contributed by atoms with E-state index in [0.29, 0.717) is 17.5 Å². The van der Waals surface area contributed by atoms with E-state index in [1.807, 2.05) is 6.08 Å². The number of alkyl halides is 2. The van der Waals surface area contributed by atoms with Gasteiger partial charge in [0.05, 0.1) is 12.7 Å². The number of benzene rings is 1. The molecule has 0 unspecified atom stereocenters. The zero-order valence-corrected chi connectivity index (χ0v) is 9.07. The highest BCUT2D eigenvalue weighted by Gasteiger charge is 2.19. The molecule has 3 nitrogen and oxygen atoms in total. The first-order chi connectivity index (χ1) is 8.11. The predicted molar refractivity (Wildman–Crippen MR) is 57.2 cm³/mol. The minimum atomic E-state index is -2.91. The van der Waals surface area contributed by atoms with Gasteiger partial charge in [0.1, 0.15) is 5.75 Å². The zero-order valence-electron chi connectivity index (χ0n) is 9.07. The van der Waals surface area contributed by atoms with Crippen molar-refractivity contribution in [1.29, 1.82) is 0 Å². The number of halogens is 2. The van der Waals surface area contributed by atoms with Crippen LogP contribution in [0.4, 0.5) is 8.78 Å². The molecule has 0 saturated carbocycles. The largest absolute Gasteiger partial charge is 0.465 e. The minimum absolute atomic E-state index is 0.0305. The number of esters is 1. The van der Waals surface area contributed by atoms with Gasteiger partial charge < -0.3 is 9.47 Å². The fourth-order valence-corrected chi connectivity index (χ4v) is 1.77. The van der Waals surface area contributed by atoms with Crippen LogP contribution in [0.1, 0.15) is 21.5 Å². The number of allylic oxidation sites excluding steroid dienone is 1. The van der Waals surface area contributed by atoms with Crippen molar-refractivity contribution < 1.29 is 23.0 Å². The monoisotopic (exact) mass is 240 g/mol. The van der Waals surface area contributed by atoms with Gasteiger partial charge >= 0.3 is 12.6 Å². The van der Waals surface area contributed by atoms with Gasteiger partial charge in [-0.05, 0) is 24.1 Å². The van der Waals surface area contributed by atoms with Crippen LogP contribution in [0.25, 0.3) is 6.08 Å². The van der Waals surface area contributed by atoms with Crippen molar-refractivity contribution in [3.05, 3.63) is 34.9 Å². The first-order valence-electron chi connectivity index (χ1n) is 4.98. The SMILES string of the molecule is COC(=O)c1cc2c(c(OC(F)F)c1)CC=C2. The number of carbonyl (C=O) groups is 1. The maximum Gasteiger partial charge on any atom is 0.387 e. The van der Waals surface area contributed by atoms with E-state index in [4.69, 9.17) is 0 Å². The van der Waals surface area contributed by atoms with Gasteiger partial charge in [-0.2, -0.15) is 8.78 Å². The molecule has 2 rings (SSSR count). The second-order valence-electron chi connectivity index (χ2n) is 3.52. The molecule has 17 heavy (non-hydrogen) atoms. The van der Waals surface area contributed by atoms with Crippen molar-refractivity contribution in [2.75, 3.05) is 7.11 Å². The van der Waals surface area contributed by atoms with Crippen molar-refractivity contribution in [3.63, 3.8) is 0 Å². The Labute approximate surface area is 96.6 Å². The molecule has 0 bridgehead atoms. The molecular weight excluding hydrogens is 230 g/mol. The molecule has 90 valence electrons. The molecule has 1 aliphatic rings. The van der Waals surface area contributed by atoms with Gasteiger partial charge in [-0.1, -0.05) is 12.2 Å². The topological polar surface area (TPSA) is 35.5 Å². The lowest BCUT2D eigenvalue weighted by molar-refractivity contribution is -0.0504. The molecule has 0 aliphatic heterocycles. The summed E-state index contributed by atoms with van der Waals surface area (Å²) in [5, 5.41) is 0. The second-order valence-corrected chi connectivity index (χ2v) is 3.52. The average Bonchev–Trinajstić information content (AvgIpc) is 2.75. The van der Waals surface area contributed by atoms with Crippen LogP contribution < -0.4 is 4.74 Å². The third-order valence-corrected chi connectivity index (χ3v) is 2.50. The summed E-state index contributed by atoms with van der Waals surface area (Å²) in [5.74, 6) is -0.546. The Bertz CT molecular complexity index is 481. The Morgan fingerprint density at radius 3 is 2.82 bits per heavy atom. The average molecular weight is 240 g/mol. The molecule has 0 spiro atoms. The molecule has 0 heterocycles. The van der Waals surface area contributed by atoms with Crippen LogP contribution in [0.2, 0.25) is 0 Å². The van der Waals surface area contributed by atoms with E-state index in [0.717, 1.165) is 0 Å². The Morgan fingerprint density at radius 1 is 1.41 bits per heavy atom. The van der Waals surface area contributed by atoms with E-state index < -0.39 is 12.6 Å². The number of methoxy groups -OCH3 is 1. The van der Waals surface area contributed by atoms with Crippen LogP contribution in [0.3, 0.4) is 0 Å². The molecule has 5 heteroatoms. The highest BCUT2D eigenvalue weighted by molar-refractivity contribution is 5.91. The van der Waals surface area contributed by atoms with Crippen molar-refractivity contribution in [1.82, 2.24) is 0 Å². The smallest absolute Gasteiger partial charge is 0.387 e. The number of rotatable bonds is 3. The molecule has 0 fully saturated rings. The molecule has 0 amide bonds. The summed E-state index contributed by atoms with van der Waals surface area (Å²) in [6, 6.07) is 2.88. The summed E-state index contributed by atoms with van der Waals surface area (Å²) in [7, 11) is 1.24. The minimum Gasteiger partial charge on any atom is -0.465 e. The normalized spacial score (nSPS) is 12.7. The summed E-state index contributed by atoms with van der Waals surface area (Å²) < 4.78 is 33.5. The van der Waals surface area contributed by atoms with Crippen molar-refractivity contribution in [2.24, 2.45) is 0 Å². The van der Waals surface area contributed by atoms with E-state index >= 15 is 0 Å². The van der Waals surface area contributed by atoms with E-state index in [9.17, 15) is 13.6 Å². The summed E-state index contributed by atoms with van der Waals surface area (Å²) in [4.78, 5) is 11.4. The lowest BCUT2D eigenvalue weighted by Gasteiger charge is -2.11. The molecule has 0 N–H and O–H groups in total. The summed E-state index contributed by atoms with van der Waals surface area (Å²) in [6.45, 7) is -2.91. The van der Waals surface area contributed by atoms with E-state index in [-0.39, 0.29) is 11.3 Å². The van der Waals surface area contributed by atoms with Gasteiger partial charge in [0.2, 0.25) is 0 Å². The number of hydrogen-bond acceptors (Lipinski definition) is 3. The molecule has 1 aliphatic carbocycles. The van der Waals surface area contributed by atoms with Gasteiger partial charge in [0, 0.05) is 5.56 Å². The van der Waals surface area contributed by atoms with E-state index in [1.54, 1.807) is 12.1 Å². The van der Waals surface area contributed by atoms with Gasteiger partial charge in [-0.25, -0.2) is 4.79 Å². The first kappa shape index (κ1) is 11.6. The molecule has 0 saturated heterocycles. The van der Waals surface area contributed by atoms with Crippen molar-refractivity contribution in [3.8, 4) is 5.75 Å². The van der Waals surface area contributed by atoms with Gasteiger partial charge in [0.25, 0.3) is 0 Å². The Balaban J connectivity index is 2.44. The third kappa shape index (κ3) is 2.27. The standard InChI is InChI=1S/C12H10F2O3/c1-16-11(15)8-5-7-3-2-4-9(7)10(6-8)17-12(13)14/h2-3,5-6,12H,4H2,1H3. The Hall–Kier alpha value is -1.91. The molecule has 0 radical (unpaired) electrons. The molecule has 0 atom stereocenters. The Kier molecular flexibility index (Phi) is 3.08. The van der Waals surface area contributed by atoms with Crippen LogP contribution >= 0.6 is 0 Å². The number of ether oxygens (including phenoxy) is 2. The number of carbonyl (C=O) groups excluding carboxylic acids is 1. The quantitative estimate of drug-likeness (QED) is 0.762. The number of fused-ring (bicyclic) bond motifs is 1. The fourth-order valence-electron chi connectivity index (χ4n) is 1.77. The summed E-state index contributed by atoms with van der Waals surface area (Å²) in [6.07, 6.45) is 4.11.